The van der Waals surface area contributed by atoms with Crippen LogP contribution in [0.2, 0.25) is 0 Å². The van der Waals surface area contributed by atoms with E-state index in [1.54, 1.807) is 0 Å². The Balaban J connectivity index is 2.02. The average molecular weight is 193 g/mol. The molecule has 3 heteroatoms. The number of rotatable bonds is 3. The summed E-state index contributed by atoms with van der Waals surface area (Å²) in [6.07, 6.45) is 7.92. The molecule has 2 atom stereocenters. The van der Waals surface area contributed by atoms with Crippen LogP contribution in [-0.2, 0) is 13.1 Å². The largest absolute Gasteiger partial charge is 0.333 e. The first kappa shape index (κ1) is 9.71. The molecule has 0 saturated heterocycles. The molecule has 2 N–H and O–H groups in total. The van der Waals surface area contributed by atoms with E-state index in [9.17, 15) is 0 Å². The predicted molar refractivity (Wildman–Crippen MR) is 56.6 cm³/mol. The Morgan fingerprint density at radius 3 is 3.07 bits per heavy atom. The van der Waals surface area contributed by atoms with Crippen LogP contribution in [0.5, 0.6) is 0 Å². The zero-order valence-electron chi connectivity index (χ0n) is 8.82. The van der Waals surface area contributed by atoms with E-state index in [1.165, 1.54) is 19.3 Å². The minimum Gasteiger partial charge on any atom is -0.333 e. The van der Waals surface area contributed by atoms with Gasteiger partial charge in [0.05, 0.1) is 12.0 Å². The summed E-state index contributed by atoms with van der Waals surface area (Å²) in [5.41, 5.74) is 6.80. The minimum atomic E-state index is 0.598. The highest BCUT2D eigenvalue weighted by molar-refractivity contribution is 4.97. The van der Waals surface area contributed by atoms with Crippen molar-refractivity contribution in [3.8, 4) is 0 Å². The van der Waals surface area contributed by atoms with Crippen LogP contribution in [0.4, 0.5) is 0 Å². The van der Waals surface area contributed by atoms with Gasteiger partial charge < -0.3 is 10.3 Å². The van der Waals surface area contributed by atoms with Gasteiger partial charge in [0.15, 0.2) is 0 Å². The number of nitrogens with zero attached hydrogens (tertiary/aromatic N) is 2. The third-order valence-electron chi connectivity index (χ3n) is 3.48. The van der Waals surface area contributed by atoms with Crippen molar-refractivity contribution in [3.63, 3.8) is 0 Å². The fourth-order valence-corrected chi connectivity index (χ4v) is 2.43. The number of aromatic nitrogens is 2. The number of nitrogens with two attached hydrogens (primary N) is 1. The Hall–Kier alpha value is -0.830. The first-order valence-electron chi connectivity index (χ1n) is 5.50. The van der Waals surface area contributed by atoms with Crippen molar-refractivity contribution in [3.05, 3.63) is 18.2 Å². The molecule has 78 valence electrons. The first-order chi connectivity index (χ1) is 6.81. The summed E-state index contributed by atoms with van der Waals surface area (Å²) in [5.74, 6) is 1.69. The third-order valence-corrected chi connectivity index (χ3v) is 3.48. The highest BCUT2D eigenvalue weighted by Crippen LogP contribution is 2.32. The lowest BCUT2D eigenvalue weighted by atomic mass is 9.98. The van der Waals surface area contributed by atoms with E-state index in [1.807, 2.05) is 12.5 Å². The van der Waals surface area contributed by atoms with E-state index in [-0.39, 0.29) is 0 Å². The second kappa shape index (κ2) is 4.13. The Morgan fingerprint density at radius 2 is 2.43 bits per heavy atom. The second-order valence-corrected chi connectivity index (χ2v) is 4.41. The molecule has 0 amide bonds. The summed E-state index contributed by atoms with van der Waals surface area (Å²) < 4.78 is 2.21. The lowest BCUT2D eigenvalue weighted by molar-refractivity contribution is 0.359. The highest BCUT2D eigenvalue weighted by atomic mass is 15.1. The van der Waals surface area contributed by atoms with Crippen LogP contribution in [0.3, 0.4) is 0 Å². The standard InChI is InChI=1S/C11H19N3/c1-9-3-2-4-10(9)7-14-8-13-6-11(14)5-12/h6,8-10H,2-5,7,12H2,1H3. The van der Waals surface area contributed by atoms with Crippen molar-refractivity contribution >= 4 is 0 Å². The molecule has 1 aromatic rings. The molecule has 0 bridgehead atoms. The van der Waals surface area contributed by atoms with Crippen molar-refractivity contribution in [1.82, 2.24) is 9.55 Å². The van der Waals surface area contributed by atoms with Crippen LogP contribution in [0.15, 0.2) is 12.5 Å². The summed E-state index contributed by atoms with van der Waals surface area (Å²) >= 11 is 0. The molecule has 3 nitrogen and oxygen atoms in total. The fourth-order valence-electron chi connectivity index (χ4n) is 2.43. The minimum absolute atomic E-state index is 0.598. The van der Waals surface area contributed by atoms with Gasteiger partial charge >= 0.3 is 0 Å². The van der Waals surface area contributed by atoms with Gasteiger partial charge in [0.1, 0.15) is 0 Å². The monoisotopic (exact) mass is 193 g/mol. The summed E-state index contributed by atoms with van der Waals surface area (Å²) in [4.78, 5) is 4.14. The van der Waals surface area contributed by atoms with E-state index in [0.717, 1.165) is 24.1 Å². The smallest absolute Gasteiger partial charge is 0.0948 e. The van der Waals surface area contributed by atoms with Crippen molar-refractivity contribution < 1.29 is 0 Å². The molecule has 1 aliphatic rings. The zero-order valence-corrected chi connectivity index (χ0v) is 8.82. The Labute approximate surface area is 85.3 Å². The van der Waals surface area contributed by atoms with Gasteiger partial charge in [0.25, 0.3) is 0 Å². The molecule has 1 saturated carbocycles. The Kier molecular flexibility index (Phi) is 2.87. The van der Waals surface area contributed by atoms with Gasteiger partial charge in [-0.3, -0.25) is 0 Å². The summed E-state index contributed by atoms with van der Waals surface area (Å²) in [6.45, 7) is 4.06. The number of imidazole rings is 1. The van der Waals surface area contributed by atoms with Gasteiger partial charge in [0.2, 0.25) is 0 Å². The Morgan fingerprint density at radius 1 is 1.57 bits per heavy atom. The predicted octanol–water partition coefficient (Wildman–Crippen LogP) is 1.78. The molecule has 1 aromatic heterocycles. The van der Waals surface area contributed by atoms with Gasteiger partial charge in [0, 0.05) is 19.3 Å². The molecule has 1 fully saturated rings. The van der Waals surface area contributed by atoms with E-state index in [0.29, 0.717) is 6.54 Å². The average Bonchev–Trinajstić information content (AvgIpc) is 2.77. The van der Waals surface area contributed by atoms with Crippen molar-refractivity contribution in [2.75, 3.05) is 0 Å². The van der Waals surface area contributed by atoms with Gasteiger partial charge in [-0.25, -0.2) is 4.98 Å². The van der Waals surface area contributed by atoms with E-state index in [2.05, 4.69) is 16.5 Å². The fraction of sp³-hybridized carbons (Fsp3) is 0.727. The van der Waals surface area contributed by atoms with Crippen LogP contribution >= 0.6 is 0 Å². The molecule has 1 heterocycles. The SMILES string of the molecule is CC1CCCC1Cn1cncc1CN. The topological polar surface area (TPSA) is 43.8 Å². The quantitative estimate of drug-likeness (QED) is 0.795. The van der Waals surface area contributed by atoms with Crippen LogP contribution in [-0.4, -0.2) is 9.55 Å². The molecule has 14 heavy (non-hydrogen) atoms. The van der Waals surface area contributed by atoms with Crippen LogP contribution in [0.25, 0.3) is 0 Å². The van der Waals surface area contributed by atoms with Gasteiger partial charge in [-0.05, 0) is 18.3 Å². The van der Waals surface area contributed by atoms with Crippen LogP contribution < -0.4 is 5.73 Å². The van der Waals surface area contributed by atoms with Gasteiger partial charge in [-0.15, -0.1) is 0 Å². The molecule has 0 aromatic carbocycles. The van der Waals surface area contributed by atoms with Crippen molar-refractivity contribution in [1.29, 1.82) is 0 Å². The molecular formula is C11H19N3. The lowest BCUT2D eigenvalue weighted by Crippen LogP contribution is -2.15. The molecule has 0 radical (unpaired) electrons. The summed E-state index contributed by atoms with van der Waals surface area (Å²) in [6, 6.07) is 0. The van der Waals surface area contributed by atoms with Gasteiger partial charge in [-0.2, -0.15) is 0 Å². The van der Waals surface area contributed by atoms with Crippen molar-refractivity contribution in [2.24, 2.45) is 17.6 Å². The molecule has 0 aliphatic heterocycles. The molecule has 0 spiro atoms. The number of hydrogen-bond acceptors (Lipinski definition) is 2. The molecule has 2 unspecified atom stereocenters. The molecule has 1 aliphatic carbocycles. The summed E-state index contributed by atoms with van der Waals surface area (Å²) in [5, 5.41) is 0. The van der Waals surface area contributed by atoms with Gasteiger partial charge in [-0.1, -0.05) is 19.8 Å². The maximum Gasteiger partial charge on any atom is 0.0948 e. The van der Waals surface area contributed by atoms with E-state index < -0.39 is 0 Å². The maximum atomic E-state index is 5.64. The van der Waals surface area contributed by atoms with E-state index in [4.69, 9.17) is 5.73 Å². The normalized spacial score (nSPS) is 27.0. The van der Waals surface area contributed by atoms with E-state index >= 15 is 0 Å². The zero-order chi connectivity index (χ0) is 9.97. The Bertz CT molecular complexity index is 292. The third kappa shape index (κ3) is 1.82. The van der Waals surface area contributed by atoms with Crippen molar-refractivity contribution in [2.45, 2.75) is 39.3 Å². The maximum absolute atomic E-state index is 5.64. The number of hydrogen-bond donors (Lipinski definition) is 1. The first-order valence-corrected chi connectivity index (χ1v) is 5.50. The second-order valence-electron chi connectivity index (χ2n) is 4.41. The highest BCUT2D eigenvalue weighted by Gasteiger charge is 2.23. The van der Waals surface area contributed by atoms with Crippen LogP contribution in [0, 0.1) is 11.8 Å². The van der Waals surface area contributed by atoms with Crippen LogP contribution in [0.1, 0.15) is 31.9 Å². The lowest BCUT2D eigenvalue weighted by Gasteiger charge is -2.17. The molecule has 2 rings (SSSR count). The summed E-state index contributed by atoms with van der Waals surface area (Å²) in [7, 11) is 0. The molecular weight excluding hydrogens is 174 g/mol.